The van der Waals surface area contributed by atoms with Gasteiger partial charge in [0.2, 0.25) is 0 Å². The van der Waals surface area contributed by atoms with E-state index in [0.29, 0.717) is 19.3 Å². The predicted octanol–water partition coefficient (Wildman–Crippen LogP) is 27.4. The van der Waals surface area contributed by atoms with E-state index in [1.165, 1.54) is 96.3 Å². The summed E-state index contributed by atoms with van der Waals surface area (Å²) in [5.74, 6) is -1.61. The highest BCUT2D eigenvalue weighted by Gasteiger charge is 2.29. The number of aliphatic hydroxyl groups excluding tert-OH is 2. The van der Waals surface area contributed by atoms with Crippen LogP contribution in [-0.2, 0) is 55.8 Å². The summed E-state index contributed by atoms with van der Waals surface area (Å²) in [6, 6.07) is 0. The molecule has 0 saturated heterocycles. The van der Waals surface area contributed by atoms with Crippen molar-refractivity contribution >= 4 is 33.6 Å². The summed E-state index contributed by atoms with van der Waals surface area (Å²) in [5.41, 5.74) is 0. The van der Waals surface area contributed by atoms with E-state index in [0.717, 1.165) is 186 Å². The molecule has 654 valence electrons. The number of carbonyl (C=O) groups is 3. The minimum Gasteiger partial charge on any atom is -0.463 e. The highest BCUT2D eigenvalue weighted by Crippen LogP contribution is 2.45. The molecule has 0 radical (unpaired) electrons. The third-order valence-electron chi connectivity index (χ3n) is 18.3. The zero-order chi connectivity index (χ0) is 83.6. The molecule has 0 aromatic rings. The van der Waals surface area contributed by atoms with Crippen LogP contribution in [0.3, 0.4) is 0 Å². The maximum atomic E-state index is 13.1. The molecule has 0 spiro atoms. The quantitative estimate of drug-likeness (QED) is 0.0146. The second kappa shape index (κ2) is 87.7. The van der Waals surface area contributed by atoms with Crippen LogP contribution in [0.2, 0.25) is 0 Å². The van der Waals surface area contributed by atoms with Gasteiger partial charge in [-0.3, -0.25) is 32.5 Å². The Morgan fingerprint density at radius 1 is 0.243 bits per heavy atom. The van der Waals surface area contributed by atoms with E-state index >= 15 is 0 Å². The average molecular weight is 1640 g/mol. The summed E-state index contributed by atoms with van der Waals surface area (Å²) < 4.78 is 61.4. The van der Waals surface area contributed by atoms with Gasteiger partial charge in [-0.05, 0) is 161 Å². The lowest BCUT2D eigenvalue weighted by Gasteiger charge is -2.21. The molecule has 0 saturated carbocycles. The minimum atomic E-state index is -4.96. The van der Waals surface area contributed by atoms with Gasteiger partial charge in [0.15, 0.2) is 6.10 Å². The molecule has 115 heavy (non-hydrogen) atoms. The summed E-state index contributed by atoms with van der Waals surface area (Å²) in [6.07, 6.45) is 116. The summed E-state index contributed by atoms with van der Waals surface area (Å²) >= 11 is 0. The number of esters is 3. The first-order valence-corrected chi connectivity index (χ1v) is 47.7. The van der Waals surface area contributed by atoms with Crippen molar-refractivity contribution in [3.63, 3.8) is 0 Å². The van der Waals surface area contributed by atoms with Crippen molar-refractivity contribution in [1.29, 1.82) is 0 Å². The van der Waals surface area contributed by atoms with Crippen LogP contribution in [0.1, 0.15) is 342 Å². The Bertz CT molecular complexity index is 2870. The first-order valence-electron chi connectivity index (χ1n) is 44.7. The van der Waals surface area contributed by atoms with Crippen LogP contribution in [0.15, 0.2) is 194 Å². The first kappa shape index (κ1) is 109. The highest BCUT2D eigenvalue weighted by atomic mass is 31.2. The van der Waals surface area contributed by atoms with Crippen molar-refractivity contribution in [2.24, 2.45) is 0 Å². The van der Waals surface area contributed by atoms with Crippen molar-refractivity contribution in [1.82, 2.24) is 0 Å². The van der Waals surface area contributed by atoms with Crippen molar-refractivity contribution in [2.75, 3.05) is 39.6 Å². The smallest absolute Gasteiger partial charge is 0.463 e. The first-order chi connectivity index (χ1) is 56.2. The van der Waals surface area contributed by atoms with Gasteiger partial charge in [-0.2, -0.15) is 0 Å². The molecule has 0 fully saturated rings. The zero-order valence-electron chi connectivity index (χ0n) is 71.9. The van der Waals surface area contributed by atoms with Crippen molar-refractivity contribution in [3.8, 4) is 0 Å². The maximum Gasteiger partial charge on any atom is 0.472 e. The molecule has 0 aliphatic carbocycles. The van der Waals surface area contributed by atoms with Gasteiger partial charge in [0.25, 0.3) is 0 Å². The number of unbranched alkanes of at least 4 members (excludes halogenated alkanes) is 28. The molecule has 4 N–H and O–H groups in total. The van der Waals surface area contributed by atoms with Gasteiger partial charge in [-0.1, -0.05) is 356 Å². The largest absolute Gasteiger partial charge is 0.472 e. The normalized spacial score (nSPS) is 14.7. The van der Waals surface area contributed by atoms with Gasteiger partial charge in [0, 0.05) is 19.3 Å². The second-order valence-electron chi connectivity index (χ2n) is 29.3. The molecule has 0 aliphatic rings. The SMILES string of the molecule is CC/C=C\C/C=C\C/C=C\C/C=C\C/C=C\C/C=C\CCCCCCC(=O)OC(COC(=O)CCCCCCCCCCCCC/C=C\C/C=C\C/C=C\C/C=C\C/C=C\CC)COP(=O)(O)OCC(O)COP(=O)(O)OCC(O)COC(=O)CCCCCCCCCCCCCCC/C=C\C/C=C\C/C=C\C/C=C\C/C=C\CC. The lowest BCUT2D eigenvalue weighted by Crippen LogP contribution is -2.30. The van der Waals surface area contributed by atoms with E-state index in [2.05, 4.69) is 215 Å². The number of ether oxygens (including phenoxy) is 3. The van der Waals surface area contributed by atoms with E-state index in [-0.39, 0.29) is 19.3 Å². The number of phosphoric ester groups is 2. The van der Waals surface area contributed by atoms with Crippen LogP contribution >= 0.6 is 15.6 Å². The van der Waals surface area contributed by atoms with Crippen molar-refractivity contribution < 1.29 is 75.8 Å². The van der Waals surface area contributed by atoms with Crippen molar-refractivity contribution in [3.05, 3.63) is 194 Å². The topological polar surface area (TPSA) is 231 Å². The Hall–Kier alpha value is -5.61. The number of phosphoric acid groups is 2. The fourth-order valence-electron chi connectivity index (χ4n) is 11.6. The molecule has 0 bridgehead atoms. The molecule has 18 heteroatoms. The third-order valence-corrected chi connectivity index (χ3v) is 20.2. The summed E-state index contributed by atoms with van der Waals surface area (Å²) in [6.45, 7) is 2.32. The van der Waals surface area contributed by atoms with Crippen LogP contribution in [0.4, 0.5) is 0 Å². The minimum absolute atomic E-state index is 0.0673. The molecule has 16 nitrogen and oxygen atoms in total. The van der Waals surface area contributed by atoms with E-state index in [1.54, 1.807) is 0 Å². The Labute approximate surface area is 699 Å². The molecular weight excluding hydrogens is 1480 g/mol. The Morgan fingerprint density at radius 2 is 0.435 bits per heavy atom. The van der Waals surface area contributed by atoms with E-state index in [4.69, 9.17) is 32.3 Å². The monoisotopic (exact) mass is 1640 g/mol. The zero-order valence-corrected chi connectivity index (χ0v) is 73.7. The molecule has 5 atom stereocenters. The summed E-state index contributed by atoms with van der Waals surface area (Å²) in [4.78, 5) is 59.0. The molecular formula is C97H160O16P2. The Morgan fingerprint density at radius 3 is 0.687 bits per heavy atom. The molecule has 0 amide bonds. The van der Waals surface area contributed by atoms with Gasteiger partial charge >= 0.3 is 33.6 Å². The van der Waals surface area contributed by atoms with Gasteiger partial charge in [-0.15, -0.1) is 0 Å². The molecule has 0 heterocycles. The number of carbonyl (C=O) groups excluding carboxylic acids is 3. The van der Waals surface area contributed by atoms with Gasteiger partial charge in [-0.25, -0.2) is 9.13 Å². The molecule has 0 aromatic heterocycles. The number of hydrogen-bond donors (Lipinski definition) is 4. The summed E-state index contributed by atoms with van der Waals surface area (Å²) in [7, 11) is -9.83. The molecule has 0 aromatic carbocycles. The highest BCUT2D eigenvalue weighted by molar-refractivity contribution is 7.47. The van der Waals surface area contributed by atoms with Crippen molar-refractivity contribution in [2.45, 2.75) is 360 Å². The number of rotatable bonds is 83. The number of aliphatic hydroxyl groups is 2. The fourth-order valence-corrected chi connectivity index (χ4v) is 13.2. The van der Waals surface area contributed by atoms with Crippen LogP contribution in [0, 0.1) is 0 Å². The third kappa shape index (κ3) is 89.0. The molecule has 5 unspecified atom stereocenters. The lowest BCUT2D eigenvalue weighted by atomic mass is 10.0. The van der Waals surface area contributed by atoms with Crippen LogP contribution < -0.4 is 0 Å². The molecule has 0 aliphatic heterocycles. The van der Waals surface area contributed by atoms with Crippen LogP contribution in [-0.4, -0.2) is 95.9 Å². The van der Waals surface area contributed by atoms with Crippen LogP contribution in [0.5, 0.6) is 0 Å². The standard InChI is InChI=1S/C97H160O16P2/c1-4-7-10-13-16-19-22-25-28-31-34-37-40-42-44-45-47-49-51-53-56-59-62-65-68-71-74-77-80-83-95(100)107-86-92(98)87-109-114(103,104)110-88-93(99)89-111-115(105,106)112-91-94(113-97(102)85-82-79-76-73-70-67-64-61-58-55-50-39-36-33-30-27-24-21-18-15-12-9-6-3)90-108-96(101)84-81-78-75-72-69-66-63-60-57-54-52-48-46-43-41-38-35-32-29-26-23-20-17-14-11-8-5-2/h7-12,16-21,25-30,34-39,42-44,46,55,58,64,67,92-94,98-99H,4-6,13-15,22-24,31-33,40-41,45,47-54,56-57,59-63,65-66,68-91H2,1-3H3,(H,103,104)(H,105,106)/b10-7-,11-8-,12-9-,19-16-,20-17-,21-18-,28-25-,29-26-,30-27-,37-34-,38-35-,39-36-,44-42-,46-43-,58-55-,67-64-. The van der Waals surface area contributed by atoms with E-state index in [9.17, 15) is 43.5 Å². The fraction of sp³-hybridized carbons (Fsp3) is 0.639. The lowest BCUT2D eigenvalue weighted by molar-refractivity contribution is -0.161. The van der Waals surface area contributed by atoms with Gasteiger partial charge in [0.1, 0.15) is 25.4 Å². The Kier molecular flexibility index (Phi) is 83.4. The number of hydrogen-bond acceptors (Lipinski definition) is 14. The van der Waals surface area contributed by atoms with Gasteiger partial charge < -0.3 is 34.2 Å². The maximum absolute atomic E-state index is 13.1. The number of allylic oxidation sites excluding steroid dienone is 32. The molecule has 0 rings (SSSR count). The van der Waals surface area contributed by atoms with E-state index < -0.39 is 91.5 Å². The average Bonchev–Trinajstić information content (AvgIpc) is 0.898. The Balaban J connectivity index is 4.68. The van der Waals surface area contributed by atoms with Gasteiger partial charge in [0.05, 0.1) is 26.4 Å². The van der Waals surface area contributed by atoms with E-state index in [1.807, 2.05) is 0 Å². The second-order valence-corrected chi connectivity index (χ2v) is 32.2. The summed E-state index contributed by atoms with van der Waals surface area (Å²) in [5, 5.41) is 20.7. The predicted molar refractivity (Wildman–Crippen MR) is 481 cm³/mol. The van der Waals surface area contributed by atoms with Crippen LogP contribution in [0.25, 0.3) is 0 Å².